The monoisotopic (exact) mass is 506 g/mol. The Balaban J connectivity index is 1.98. The van der Waals surface area contributed by atoms with Gasteiger partial charge in [0.25, 0.3) is 11.2 Å². The fraction of sp³-hybridized carbons (Fsp3) is 0.269. The van der Waals surface area contributed by atoms with E-state index in [1.807, 2.05) is 50.2 Å². The first-order valence-electron chi connectivity index (χ1n) is 11.3. The molecule has 0 unspecified atom stereocenters. The van der Waals surface area contributed by atoms with Crippen molar-refractivity contribution in [2.75, 3.05) is 25.6 Å². The number of nitro groups is 1. The first kappa shape index (κ1) is 25.1. The van der Waals surface area contributed by atoms with Crippen molar-refractivity contribution in [1.29, 1.82) is 0 Å². The Labute approximate surface area is 211 Å². The van der Waals surface area contributed by atoms with Gasteiger partial charge in [-0.25, -0.2) is 9.79 Å². The van der Waals surface area contributed by atoms with Gasteiger partial charge in [-0.3, -0.25) is 19.5 Å². The quantitative estimate of drug-likeness (QED) is 0.289. The summed E-state index contributed by atoms with van der Waals surface area (Å²) in [5.74, 6) is -0.521. The Bertz CT molecular complexity index is 1560. The fourth-order valence-corrected chi connectivity index (χ4v) is 5.21. The van der Waals surface area contributed by atoms with E-state index in [1.54, 1.807) is 26.0 Å². The minimum absolute atomic E-state index is 0.0717. The highest BCUT2D eigenvalue weighted by molar-refractivity contribution is 7.07. The molecule has 0 saturated heterocycles. The van der Waals surface area contributed by atoms with E-state index < -0.39 is 16.9 Å². The smallest absolute Gasteiger partial charge is 0.338 e. The van der Waals surface area contributed by atoms with Gasteiger partial charge in [0.05, 0.1) is 33.4 Å². The Morgan fingerprint density at radius 3 is 2.53 bits per heavy atom. The molecule has 1 aromatic heterocycles. The van der Waals surface area contributed by atoms with Crippen LogP contribution in [-0.4, -0.2) is 36.2 Å². The van der Waals surface area contributed by atoms with Crippen LogP contribution in [0.3, 0.4) is 0 Å². The zero-order valence-corrected chi connectivity index (χ0v) is 21.5. The number of hydrogen-bond acceptors (Lipinski definition) is 8. The summed E-state index contributed by atoms with van der Waals surface area (Å²) in [6, 6.07) is 11.5. The molecule has 4 rings (SSSR count). The number of nitrogens with zero attached hydrogens (tertiary/aromatic N) is 4. The number of aryl methyl sites for hydroxylation is 1. The van der Waals surface area contributed by atoms with Crippen LogP contribution in [0.25, 0.3) is 6.08 Å². The average molecular weight is 507 g/mol. The standard InChI is InChI=1S/C26H26N4O5S/c1-6-35-25(32)22-16(3)27-26-29(23(22)17-9-7-15(2)8-10-17)24(31)21(36-26)14-18-13-19(30(33)34)11-12-20(18)28(4)5/h7-14,23H,6H2,1-5H3/b21-14+/t23-/m1/s1. The number of carbonyl (C=O) groups is 1. The summed E-state index contributed by atoms with van der Waals surface area (Å²) in [5, 5.41) is 11.4. The molecule has 1 aliphatic rings. The molecule has 0 aliphatic carbocycles. The molecule has 1 aliphatic heterocycles. The summed E-state index contributed by atoms with van der Waals surface area (Å²) in [6.07, 6.45) is 1.64. The molecule has 2 aromatic carbocycles. The predicted octanol–water partition coefficient (Wildman–Crippen LogP) is 3.08. The van der Waals surface area contributed by atoms with Crippen molar-refractivity contribution in [2.45, 2.75) is 26.8 Å². The molecule has 9 nitrogen and oxygen atoms in total. The number of esters is 1. The molecule has 0 amide bonds. The normalized spacial score (nSPS) is 15.4. The minimum atomic E-state index is -0.707. The highest BCUT2D eigenvalue weighted by atomic mass is 32.1. The predicted molar refractivity (Wildman–Crippen MR) is 139 cm³/mol. The second kappa shape index (κ2) is 9.90. The topological polar surface area (TPSA) is 107 Å². The third kappa shape index (κ3) is 4.59. The molecule has 2 heterocycles. The molecular formula is C26H26N4O5S. The van der Waals surface area contributed by atoms with Crippen molar-refractivity contribution in [3.63, 3.8) is 0 Å². The molecule has 0 spiro atoms. The van der Waals surface area contributed by atoms with Crippen LogP contribution in [-0.2, 0) is 9.53 Å². The Morgan fingerprint density at radius 2 is 1.92 bits per heavy atom. The average Bonchev–Trinajstić information content (AvgIpc) is 3.13. The van der Waals surface area contributed by atoms with Gasteiger partial charge in [-0.15, -0.1) is 0 Å². The summed E-state index contributed by atoms with van der Waals surface area (Å²) < 4.78 is 7.18. The second-order valence-electron chi connectivity index (χ2n) is 8.61. The van der Waals surface area contributed by atoms with Crippen LogP contribution in [0.4, 0.5) is 11.4 Å². The summed E-state index contributed by atoms with van der Waals surface area (Å²) in [4.78, 5) is 44.5. The molecule has 0 bridgehead atoms. The van der Waals surface area contributed by atoms with E-state index >= 15 is 0 Å². The molecule has 0 saturated carbocycles. The number of nitro benzene ring substituents is 1. The van der Waals surface area contributed by atoms with Gasteiger partial charge < -0.3 is 9.64 Å². The molecule has 3 aromatic rings. The van der Waals surface area contributed by atoms with Crippen LogP contribution in [0.5, 0.6) is 0 Å². The maximum absolute atomic E-state index is 13.8. The van der Waals surface area contributed by atoms with Gasteiger partial charge in [-0.05, 0) is 38.5 Å². The zero-order valence-electron chi connectivity index (χ0n) is 20.6. The number of anilines is 1. The summed E-state index contributed by atoms with van der Waals surface area (Å²) in [5.41, 5.74) is 3.45. The number of thiazole rings is 1. The SMILES string of the molecule is CCOC(=O)C1=C(C)N=c2s/c(=C/c3cc([N+](=O)[O-])ccc3N(C)C)c(=O)n2[C@@H]1c1ccc(C)cc1. The van der Waals surface area contributed by atoms with Gasteiger partial charge in [0.2, 0.25) is 0 Å². The van der Waals surface area contributed by atoms with Crippen LogP contribution < -0.4 is 19.8 Å². The van der Waals surface area contributed by atoms with Gasteiger partial charge in [0.15, 0.2) is 4.80 Å². The molecular weight excluding hydrogens is 480 g/mol. The third-order valence-corrected chi connectivity index (χ3v) is 6.88. The summed E-state index contributed by atoms with van der Waals surface area (Å²) >= 11 is 1.18. The molecule has 0 fully saturated rings. The highest BCUT2D eigenvalue weighted by Crippen LogP contribution is 2.31. The number of hydrogen-bond donors (Lipinski definition) is 0. The van der Waals surface area contributed by atoms with Crippen molar-refractivity contribution in [2.24, 2.45) is 4.99 Å². The number of ether oxygens (including phenoxy) is 1. The third-order valence-electron chi connectivity index (χ3n) is 5.90. The van der Waals surface area contributed by atoms with Gasteiger partial charge in [-0.1, -0.05) is 41.2 Å². The molecule has 1 atom stereocenters. The van der Waals surface area contributed by atoms with Crippen LogP contribution in [0, 0.1) is 17.0 Å². The van der Waals surface area contributed by atoms with Gasteiger partial charge in [0, 0.05) is 37.5 Å². The molecule has 186 valence electrons. The van der Waals surface area contributed by atoms with Crippen molar-refractivity contribution in [3.05, 3.63) is 100 Å². The van der Waals surface area contributed by atoms with Crippen LogP contribution >= 0.6 is 11.3 Å². The number of carbonyl (C=O) groups excluding carboxylic acids is 1. The van der Waals surface area contributed by atoms with Crippen molar-refractivity contribution >= 4 is 34.8 Å². The van der Waals surface area contributed by atoms with E-state index in [2.05, 4.69) is 4.99 Å². The lowest BCUT2D eigenvalue weighted by molar-refractivity contribution is -0.384. The summed E-state index contributed by atoms with van der Waals surface area (Å²) in [7, 11) is 3.65. The lowest BCUT2D eigenvalue weighted by Crippen LogP contribution is -2.40. The number of non-ortho nitro benzene ring substituents is 1. The van der Waals surface area contributed by atoms with E-state index in [0.717, 1.165) is 16.8 Å². The zero-order chi connectivity index (χ0) is 26.1. The number of fused-ring (bicyclic) bond motifs is 1. The highest BCUT2D eigenvalue weighted by Gasteiger charge is 2.33. The van der Waals surface area contributed by atoms with Gasteiger partial charge in [0.1, 0.15) is 0 Å². The Morgan fingerprint density at radius 1 is 1.22 bits per heavy atom. The summed E-state index contributed by atoms with van der Waals surface area (Å²) in [6.45, 7) is 5.62. The molecule has 0 N–H and O–H groups in total. The van der Waals surface area contributed by atoms with E-state index in [4.69, 9.17) is 4.74 Å². The first-order chi connectivity index (χ1) is 17.1. The molecule has 0 radical (unpaired) electrons. The van der Waals surface area contributed by atoms with Gasteiger partial charge in [-0.2, -0.15) is 0 Å². The Kier molecular flexibility index (Phi) is 6.89. The molecule has 10 heteroatoms. The lowest BCUT2D eigenvalue weighted by atomic mass is 9.95. The van der Waals surface area contributed by atoms with E-state index in [-0.39, 0.29) is 17.9 Å². The minimum Gasteiger partial charge on any atom is -0.463 e. The first-order valence-corrected chi connectivity index (χ1v) is 12.2. The number of rotatable bonds is 6. The Hall–Kier alpha value is -4.05. The van der Waals surface area contributed by atoms with Crippen molar-refractivity contribution in [3.8, 4) is 0 Å². The maximum Gasteiger partial charge on any atom is 0.338 e. The number of aromatic nitrogens is 1. The van der Waals surface area contributed by atoms with Crippen LogP contribution in [0.15, 0.2) is 63.5 Å². The number of benzene rings is 2. The largest absolute Gasteiger partial charge is 0.463 e. The van der Waals surface area contributed by atoms with Crippen molar-refractivity contribution in [1.82, 2.24) is 4.57 Å². The number of allylic oxidation sites excluding steroid dienone is 1. The van der Waals surface area contributed by atoms with Crippen LogP contribution in [0.1, 0.15) is 36.6 Å². The van der Waals surface area contributed by atoms with Crippen LogP contribution in [0.2, 0.25) is 0 Å². The second-order valence-corrected chi connectivity index (χ2v) is 9.62. The molecule has 36 heavy (non-hydrogen) atoms. The van der Waals surface area contributed by atoms with Gasteiger partial charge >= 0.3 is 5.97 Å². The maximum atomic E-state index is 13.8. The lowest BCUT2D eigenvalue weighted by Gasteiger charge is -2.24. The fourth-order valence-electron chi connectivity index (χ4n) is 4.18. The van der Waals surface area contributed by atoms with E-state index in [0.29, 0.717) is 26.2 Å². The van der Waals surface area contributed by atoms with Crippen molar-refractivity contribution < 1.29 is 14.5 Å². The van der Waals surface area contributed by atoms with E-state index in [9.17, 15) is 19.7 Å². The van der Waals surface area contributed by atoms with E-state index in [1.165, 1.54) is 28.0 Å².